The molecule has 0 bridgehead atoms. The van der Waals surface area contributed by atoms with Gasteiger partial charge in [-0.1, -0.05) is 25.9 Å². The Balaban J connectivity index is 1.61. The number of pyridine rings is 1. The number of carbonyl (C=O) groups is 1. The van der Waals surface area contributed by atoms with Crippen molar-refractivity contribution in [3.05, 3.63) is 65.8 Å². The molecular weight excluding hydrogens is 404 g/mol. The molecule has 0 spiro atoms. The molecule has 1 unspecified atom stereocenters. The van der Waals surface area contributed by atoms with E-state index in [9.17, 15) is 4.79 Å². The van der Waals surface area contributed by atoms with E-state index < -0.39 is 0 Å². The van der Waals surface area contributed by atoms with Gasteiger partial charge in [-0.3, -0.25) is 14.3 Å². The Labute approximate surface area is 187 Å². The summed E-state index contributed by atoms with van der Waals surface area (Å²) >= 11 is 0. The van der Waals surface area contributed by atoms with Gasteiger partial charge in [0, 0.05) is 30.9 Å². The van der Waals surface area contributed by atoms with E-state index in [0.717, 1.165) is 29.0 Å². The van der Waals surface area contributed by atoms with Crippen LogP contribution >= 0.6 is 0 Å². The number of hydrogen-bond donors (Lipinski definition) is 0. The van der Waals surface area contributed by atoms with E-state index in [2.05, 4.69) is 38.5 Å². The highest BCUT2D eigenvalue weighted by Crippen LogP contribution is 2.28. The number of aromatic nitrogens is 5. The molecule has 0 radical (unpaired) electrons. The maximum atomic E-state index is 13.3. The molecule has 32 heavy (non-hydrogen) atoms. The quantitative estimate of drug-likeness (QED) is 0.426. The number of aryl methyl sites for hydroxylation is 2. The minimum Gasteiger partial charge on any atom is -0.337 e. The molecule has 0 aliphatic rings. The van der Waals surface area contributed by atoms with Crippen molar-refractivity contribution in [1.29, 1.82) is 0 Å². The lowest BCUT2D eigenvalue weighted by Crippen LogP contribution is -2.32. The minimum atomic E-state index is -0.276. The molecule has 4 aromatic rings. The average molecular weight is 433 g/mol. The van der Waals surface area contributed by atoms with Gasteiger partial charge in [0.05, 0.1) is 11.7 Å². The second-order valence-corrected chi connectivity index (χ2v) is 8.37. The van der Waals surface area contributed by atoms with Crippen molar-refractivity contribution in [1.82, 2.24) is 29.6 Å². The summed E-state index contributed by atoms with van der Waals surface area (Å²) < 4.78 is 7.53. The largest absolute Gasteiger partial charge is 0.337 e. The molecule has 1 atom stereocenters. The summed E-state index contributed by atoms with van der Waals surface area (Å²) in [7, 11) is 1.79. The average Bonchev–Trinajstić information content (AvgIpc) is 3.40. The zero-order valence-corrected chi connectivity index (χ0v) is 19.1. The summed E-state index contributed by atoms with van der Waals surface area (Å²) in [5.41, 5.74) is 3.36. The van der Waals surface area contributed by atoms with Crippen LogP contribution in [0.2, 0.25) is 0 Å². The third kappa shape index (κ3) is 4.12. The highest BCUT2D eigenvalue weighted by atomic mass is 16.5. The van der Waals surface area contributed by atoms with E-state index in [1.54, 1.807) is 24.3 Å². The summed E-state index contributed by atoms with van der Waals surface area (Å²) in [5.74, 6) is 2.27. The van der Waals surface area contributed by atoms with Gasteiger partial charge < -0.3 is 9.42 Å². The number of imidazole rings is 1. The Morgan fingerprint density at radius 3 is 2.56 bits per heavy atom. The molecule has 0 aliphatic carbocycles. The molecule has 0 saturated carbocycles. The number of rotatable bonds is 7. The first-order valence-electron chi connectivity index (χ1n) is 10.9. The third-order valence-corrected chi connectivity index (χ3v) is 5.56. The first-order valence-corrected chi connectivity index (χ1v) is 10.9. The van der Waals surface area contributed by atoms with Crippen LogP contribution in [-0.2, 0) is 6.42 Å². The van der Waals surface area contributed by atoms with Crippen LogP contribution < -0.4 is 0 Å². The monoisotopic (exact) mass is 432 g/mol. The molecule has 0 aliphatic heterocycles. The lowest BCUT2D eigenvalue weighted by molar-refractivity contribution is 0.0676. The van der Waals surface area contributed by atoms with Crippen LogP contribution in [0.25, 0.3) is 16.7 Å². The lowest BCUT2D eigenvalue weighted by atomic mass is 10.0. The second kappa shape index (κ2) is 8.90. The molecule has 0 saturated heterocycles. The number of amides is 1. The lowest BCUT2D eigenvalue weighted by Gasteiger charge is -2.27. The Kier molecular flexibility index (Phi) is 6.03. The molecule has 8 nitrogen and oxygen atoms in total. The van der Waals surface area contributed by atoms with Crippen LogP contribution in [-0.4, -0.2) is 42.5 Å². The fourth-order valence-electron chi connectivity index (χ4n) is 3.89. The fraction of sp³-hybridized carbons (Fsp3) is 0.375. The molecule has 3 aromatic heterocycles. The van der Waals surface area contributed by atoms with Crippen molar-refractivity contribution < 1.29 is 9.32 Å². The van der Waals surface area contributed by atoms with Crippen LogP contribution in [0.1, 0.15) is 61.1 Å². The van der Waals surface area contributed by atoms with E-state index in [-0.39, 0.29) is 11.9 Å². The molecule has 0 N–H and O–H groups in total. The maximum Gasteiger partial charge on any atom is 0.254 e. The Morgan fingerprint density at radius 2 is 1.91 bits per heavy atom. The maximum absolute atomic E-state index is 13.3. The number of fused-ring (bicyclic) bond motifs is 1. The van der Waals surface area contributed by atoms with E-state index in [0.29, 0.717) is 29.6 Å². The predicted octanol–water partition coefficient (Wildman–Crippen LogP) is 4.53. The zero-order valence-electron chi connectivity index (χ0n) is 19.1. The first-order chi connectivity index (χ1) is 15.4. The van der Waals surface area contributed by atoms with Gasteiger partial charge in [0.15, 0.2) is 5.82 Å². The van der Waals surface area contributed by atoms with E-state index >= 15 is 0 Å². The molecule has 8 heteroatoms. The highest BCUT2D eigenvalue weighted by molar-refractivity contribution is 5.94. The van der Waals surface area contributed by atoms with Gasteiger partial charge >= 0.3 is 0 Å². The van der Waals surface area contributed by atoms with Gasteiger partial charge in [0.1, 0.15) is 17.4 Å². The van der Waals surface area contributed by atoms with Gasteiger partial charge in [-0.25, -0.2) is 4.98 Å². The van der Waals surface area contributed by atoms with Crippen LogP contribution in [0, 0.1) is 12.8 Å². The van der Waals surface area contributed by atoms with Crippen molar-refractivity contribution in [2.24, 2.45) is 5.92 Å². The molecule has 1 amide bonds. The number of carbonyl (C=O) groups excluding carboxylic acids is 1. The Hall–Kier alpha value is -3.55. The van der Waals surface area contributed by atoms with Gasteiger partial charge in [-0.2, -0.15) is 4.98 Å². The van der Waals surface area contributed by atoms with E-state index in [4.69, 9.17) is 4.52 Å². The zero-order chi connectivity index (χ0) is 22.8. The van der Waals surface area contributed by atoms with E-state index in [1.807, 2.05) is 44.2 Å². The van der Waals surface area contributed by atoms with Gasteiger partial charge in [0.25, 0.3) is 5.91 Å². The summed E-state index contributed by atoms with van der Waals surface area (Å²) in [4.78, 5) is 28.2. The number of benzene rings is 1. The highest BCUT2D eigenvalue weighted by Gasteiger charge is 2.28. The van der Waals surface area contributed by atoms with Crippen LogP contribution in [0.4, 0.5) is 0 Å². The molecule has 4 rings (SSSR count). The normalized spacial score (nSPS) is 12.4. The standard InChI is InChI=1S/C24H28N6O2/c1-6-22-27-23(32-28-22)21(13-15(2)3)29(5)24(31)17-7-9-18(10-8-17)30-16(4)26-19-14-25-12-11-20(19)30/h7-12,14-15,21H,6,13H2,1-5H3. The van der Waals surface area contributed by atoms with E-state index in [1.165, 1.54) is 0 Å². The van der Waals surface area contributed by atoms with Crippen molar-refractivity contribution in [3.63, 3.8) is 0 Å². The number of nitrogens with zero attached hydrogens (tertiary/aromatic N) is 6. The summed E-state index contributed by atoms with van der Waals surface area (Å²) in [6, 6.07) is 9.23. The third-order valence-electron chi connectivity index (χ3n) is 5.56. The van der Waals surface area contributed by atoms with Crippen molar-refractivity contribution >= 4 is 16.9 Å². The van der Waals surface area contributed by atoms with Crippen molar-refractivity contribution in [3.8, 4) is 5.69 Å². The molecule has 1 aromatic carbocycles. The van der Waals surface area contributed by atoms with Crippen molar-refractivity contribution in [2.45, 2.75) is 46.6 Å². The van der Waals surface area contributed by atoms with Crippen LogP contribution in [0.5, 0.6) is 0 Å². The summed E-state index contributed by atoms with van der Waals surface area (Å²) in [6.45, 7) is 8.16. The molecule has 3 heterocycles. The molecule has 0 fully saturated rings. The smallest absolute Gasteiger partial charge is 0.254 e. The van der Waals surface area contributed by atoms with Gasteiger partial charge in [-0.05, 0) is 49.6 Å². The Bertz CT molecular complexity index is 1230. The van der Waals surface area contributed by atoms with Gasteiger partial charge in [0.2, 0.25) is 5.89 Å². The Morgan fingerprint density at radius 1 is 1.16 bits per heavy atom. The van der Waals surface area contributed by atoms with Crippen LogP contribution in [0.15, 0.2) is 47.2 Å². The minimum absolute atomic E-state index is 0.0881. The number of hydrogen-bond acceptors (Lipinski definition) is 6. The second-order valence-electron chi connectivity index (χ2n) is 8.37. The SMILES string of the molecule is CCc1noc(C(CC(C)C)N(C)C(=O)c2ccc(-n3c(C)nc4cnccc43)cc2)n1. The molecule has 166 valence electrons. The van der Waals surface area contributed by atoms with Crippen LogP contribution in [0.3, 0.4) is 0 Å². The van der Waals surface area contributed by atoms with Crippen molar-refractivity contribution in [2.75, 3.05) is 7.05 Å². The predicted molar refractivity (Wildman–Crippen MR) is 122 cm³/mol. The summed E-state index contributed by atoms with van der Waals surface area (Å²) in [6.07, 6.45) is 4.93. The topological polar surface area (TPSA) is 89.9 Å². The molecular formula is C24H28N6O2. The summed E-state index contributed by atoms with van der Waals surface area (Å²) in [5, 5.41) is 4.01. The fourth-order valence-corrected chi connectivity index (χ4v) is 3.89. The first kappa shape index (κ1) is 21.7. The van der Waals surface area contributed by atoms with Gasteiger partial charge in [-0.15, -0.1) is 0 Å².